The molecule has 1 rings (SSSR count). The molecule has 0 atom stereocenters. The van der Waals surface area contributed by atoms with Gasteiger partial charge in [0, 0.05) is 32.3 Å². The lowest BCUT2D eigenvalue weighted by Gasteiger charge is -2.36. The average molecular weight is 226 g/mol. The van der Waals surface area contributed by atoms with Crippen molar-refractivity contribution in [2.24, 2.45) is 5.41 Å². The number of hydrogen-bond acceptors (Lipinski definition) is 3. The van der Waals surface area contributed by atoms with Gasteiger partial charge in [-0.25, -0.2) is 4.79 Å². The minimum Gasteiger partial charge on any atom is -0.465 e. The van der Waals surface area contributed by atoms with Crippen LogP contribution in [0.5, 0.6) is 0 Å². The molecule has 0 aromatic rings. The van der Waals surface area contributed by atoms with Gasteiger partial charge in [0.25, 0.3) is 0 Å². The van der Waals surface area contributed by atoms with Gasteiger partial charge in [0.15, 0.2) is 5.78 Å². The van der Waals surface area contributed by atoms with Crippen LogP contribution in [0.4, 0.5) is 4.79 Å². The molecule has 1 heterocycles. The zero-order valence-corrected chi connectivity index (χ0v) is 10.1. The molecule has 0 spiro atoms. The first-order valence-electron chi connectivity index (χ1n) is 5.19. The van der Waals surface area contributed by atoms with Gasteiger partial charge >= 0.3 is 6.09 Å². The van der Waals surface area contributed by atoms with Gasteiger partial charge in [-0.3, -0.25) is 9.69 Å². The van der Waals surface area contributed by atoms with E-state index in [9.17, 15) is 9.59 Å². The second-order valence-electron chi connectivity index (χ2n) is 4.88. The van der Waals surface area contributed by atoms with Crippen LogP contribution in [0.1, 0.15) is 20.3 Å². The molecule has 5 heteroatoms. The lowest BCUT2D eigenvalue weighted by molar-refractivity contribution is -0.127. The fourth-order valence-corrected chi connectivity index (χ4v) is 1.67. The van der Waals surface area contributed by atoms with Crippen molar-refractivity contribution in [1.82, 2.24) is 9.80 Å². The molecule has 0 saturated carbocycles. The Kier molecular flexibility index (Phi) is 3.26. The number of nitrogens with zero attached hydrogens (tertiary/aromatic N) is 2. The van der Waals surface area contributed by atoms with E-state index >= 15 is 0 Å². The van der Waals surface area contributed by atoms with Crippen molar-refractivity contribution in [1.29, 1.82) is 0 Å². The molecule has 0 radical (unpaired) electrons. The highest BCUT2D eigenvalue weighted by molar-refractivity contribution is 6.02. The Labute approximate surface area is 95.3 Å². The summed E-state index contributed by atoms with van der Waals surface area (Å²) < 4.78 is 0. The van der Waals surface area contributed by atoms with Crippen LogP contribution < -0.4 is 0 Å². The van der Waals surface area contributed by atoms with E-state index in [0.717, 1.165) is 4.90 Å². The van der Waals surface area contributed by atoms with Gasteiger partial charge < -0.3 is 10.0 Å². The van der Waals surface area contributed by atoms with Gasteiger partial charge in [-0.2, -0.15) is 0 Å². The van der Waals surface area contributed by atoms with Crippen molar-refractivity contribution in [2.75, 3.05) is 20.6 Å². The standard InChI is InChI=1S/C11H18N2O3/c1-11(2)5-6-13(10(15)16)8(9(11)14)7-12(3)4/h7H,5-6H2,1-4H3,(H,15,16). The second-order valence-corrected chi connectivity index (χ2v) is 4.88. The summed E-state index contributed by atoms with van der Waals surface area (Å²) >= 11 is 0. The van der Waals surface area contributed by atoms with Crippen LogP contribution in [0, 0.1) is 5.41 Å². The Bertz CT molecular complexity index is 345. The molecule has 1 aliphatic rings. The van der Waals surface area contributed by atoms with E-state index in [2.05, 4.69) is 0 Å². The summed E-state index contributed by atoms with van der Waals surface area (Å²) in [5.74, 6) is -0.116. The SMILES string of the molecule is CN(C)C=C1C(=O)C(C)(C)CCN1C(=O)O. The summed E-state index contributed by atoms with van der Waals surface area (Å²) in [5.41, 5.74) is -0.220. The van der Waals surface area contributed by atoms with Crippen molar-refractivity contribution >= 4 is 11.9 Å². The number of allylic oxidation sites excluding steroid dienone is 1. The monoisotopic (exact) mass is 226 g/mol. The molecule has 0 unspecified atom stereocenters. The van der Waals surface area contributed by atoms with Crippen LogP contribution in [0.3, 0.4) is 0 Å². The number of ketones is 1. The maximum Gasteiger partial charge on any atom is 0.411 e. The van der Waals surface area contributed by atoms with Crippen molar-refractivity contribution in [3.8, 4) is 0 Å². The molecule has 1 aliphatic heterocycles. The van der Waals surface area contributed by atoms with Gasteiger partial charge in [0.2, 0.25) is 0 Å². The normalized spacial score (nSPS) is 22.4. The number of carbonyl (C=O) groups excluding carboxylic acids is 1. The van der Waals surface area contributed by atoms with E-state index in [1.165, 1.54) is 0 Å². The van der Waals surface area contributed by atoms with Crippen molar-refractivity contribution in [3.63, 3.8) is 0 Å². The summed E-state index contributed by atoms with van der Waals surface area (Å²) in [4.78, 5) is 25.9. The summed E-state index contributed by atoms with van der Waals surface area (Å²) in [7, 11) is 3.53. The third-order valence-electron chi connectivity index (χ3n) is 2.71. The van der Waals surface area contributed by atoms with E-state index < -0.39 is 11.5 Å². The van der Waals surface area contributed by atoms with Gasteiger partial charge in [-0.05, 0) is 6.42 Å². The molecule has 1 saturated heterocycles. The van der Waals surface area contributed by atoms with E-state index in [4.69, 9.17) is 5.11 Å². The van der Waals surface area contributed by atoms with Gasteiger partial charge in [-0.1, -0.05) is 13.8 Å². The van der Waals surface area contributed by atoms with Gasteiger partial charge in [0.1, 0.15) is 5.70 Å². The highest BCUT2D eigenvalue weighted by Crippen LogP contribution is 2.32. The van der Waals surface area contributed by atoms with E-state index in [-0.39, 0.29) is 11.5 Å². The predicted octanol–water partition coefficient (Wildman–Crippen LogP) is 1.37. The number of likely N-dealkylation sites (tertiary alicyclic amines) is 1. The maximum atomic E-state index is 12.1. The van der Waals surface area contributed by atoms with E-state index in [0.29, 0.717) is 13.0 Å². The van der Waals surface area contributed by atoms with Crippen molar-refractivity contribution in [3.05, 3.63) is 11.9 Å². The number of rotatable bonds is 1. The zero-order valence-electron chi connectivity index (χ0n) is 10.1. The molecule has 1 N–H and O–H groups in total. The summed E-state index contributed by atoms with van der Waals surface area (Å²) in [5, 5.41) is 9.02. The largest absolute Gasteiger partial charge is 0.465 e. The van der Waals surface area contributed by atoms with Crippen LogP contribution in [0.2, 0.25) is 0 Å². The Balaban J connectivity index is 3.10. The molecular weight excluding hydrogens is 208 g/mol. The fraction of sp³-hybridized carbons (Fsp3) is 0.636. The van der Waals surface area contributed by atoms with Gasteiger partial charge in [0.05, 0.1) is 0 Å². The third kappa shape index (κ3) is 2.35. The van der Waals surface area contributed by atoms with Crippen molar-refractivity contribution in [2.45, 2.75) is 20.3 Å². The Hall–Kier alpha value is -1.52. The molecule has 0 aromatic carbocycles. The number of amides is 1. The fourth-order valence-electron chi connectivity index (χ4n) is 1.67. The van der Waals surface area contributed by atoms with E-state index in [1.807, 2.05) is 13.8 Å². The van der Waals surface area contributed by atoms with Crippen LogP contribution >= 0.6 is 0 Å². The minimum atomic E-state index is -1.07. The average Bonchev–Trinajstić information content (AvgIpc) is 2.12. The number of Topliss-reactive ketones (excluding diaryl/α,β-unsaturated/α-hetero) is 1. The molecule has 1 fully saturated rings. The highest BCUT2D eigenvalue weighted by atomic mass is 16.4. The first kappa shape index (κ1) is 12.5. The Morgan fingerprint density at radius 3 is 2.50 bits per heavy atom. The third-order valence-corrected chi connectivity index (χ3v) is 2.71. The minimum absolute atomic E-state index is 0.116. The summed E-state index contributed by atoms with van der Waals surface area (Å²) in [6.45, 7) is 4.06. The topological polar surface area (TPSA) is 60.9 Å². The molecule has 0 aliphatic carbocycles. The first-order valence-corrected chi connectivity index (χ1v) is 5.19. The second kappa shape index (κ2) is 4.15. The summed E-state index contributed by atoms with van der Waals surface area (Å²) in [6, 6.07) is 0. The molecule has 1 amide bonds. The van der Waals surface area contributed by atoms with Crippen LogP contribution in [-0.2, 0) is 4.79 Å². The molecule has 0 bridgehead atoms. The van der Waals surface area contributed by atoms with E-state index in [1.54, 1.807) is 25.2 Å². The molecule has 5 nitrogen and oxygen atoms in total. The molecule has 0 aromatic heterocycles. The lowest BCUT2D eigenvalue weighted by Crippen LogP contribution is -2.46. The van der Waals surface area contributed by atoms with Gasteiger partial charge in [-0.15, -0.1) is 0 Å². The number of hydrogen-bond donors (Lipinski definition) is 1. The number of piperidine rings is 1. The Morgan fingerprint density at radius 1 is 1.50 bits per heavy atom. The summed E-state index contributed by atoms with van der Waals surface area (Å²) in [6.07, 6.45) is 1.05. The van der Waals surface area contributed by atoms with Crippen LogP contribution in [-0.4, -0.2) is 47.4 Å². The highest BCUT2D eigenvalue weighted by Gasteiger charge is 2.39. The van der Waals surface area contributed by atoms with Crippen LogP contribution in [0.15, 0.2) is 11.9 Å². The predicted molar refractivity (Wildman–Crippen MR) is 59.9 cm³/mol. The Morgan fingerprint density at radius 2 is 2.06 bits per heavy atom. The smallest absolute Gasteiger partial charge is 0.411 e. The first-order chi connectivity index (χ1) is 7.25. The van der Waals surface area contributed by atoms with Crippen molar-refractivity contribution < 1.29 is 14.7 Å². The zero-order chi connectivity index (χ0) is 12.5. The lowest BCUT2D eigenvalue weighted by atomic mass is 9.80. The maximum absolute atomic E-state index is 12.1. The molecule has 90 valence electrons. The van der Waals surface area contributed by atoms with Crippen LogP contribution in [0.25, 0.3) is 0 Å². The molecular formula is C11H18N2O3. The molecule has 16 heavy (non-hydrogen) atoms. The number of carboxylic acid groups (broad SMARTS) is 1. The quantitative estimate of drug-likeness (QED) is 0.686. The number of carbonyl (C=O) groups is 2.